The van der Waals surface area contributed by atoms with Crippen LogP contribution in [0.3, 0.4) is 0 Å². The Bertz CT molecular complexity index is 402. The molecular formula is C13H17ClFNO. The molecule has 1 aromatic carbocycles. The Morgan fingerprint density at radius 1 is 1.41 bits per heavy atom. The molecule has 0 saturated carbocycles. The van der Waals surface area contributed by atoms with Crippen LogP contribution in [0.2, 0.25) is 5.02 Å². The third-order valence-electron chi connectivity index (χ3n) is 3.45. The number of rotatable bonds is 2. The van der Waals surface area contributed by atoms with Crippen molar-refractivity contribution in [2.24, 2.45) is 0 Å². The first-order valence-corrected chi connectivity index (χ1v) is 6.21. The van der Waals surface area contributed by atoms with E-state index in [1.807, 2.05) is 7.05 Å². The normalized spacial score (nSPS) is 20.5. The maximum atomic E-state index is 12.9. The Morgan fingerprint density at radius 3 is 2.65 bits per heavy atom. The number of aliphatic hydroxyl groups is 1. The molecule has 1 saturated heterocycles. The molecule has 0 aliphatic carbocycles. The van der Waals surface area contributed by atoms with Gasteiger partial charge in [-0.1, -0.05) is 17.7 Å². The number of hydrogen-bond acceptors (Lipinski definition) is 2. The minimum atomic E-state index is -0.700. The molecule has 1 heterocycles. The van der Waals surface area contributed by atoms with Gasteiger partial charge in [-0.2, -0.15) is 0 Å². The Balaban J connectivity index is 2.09. The predicted octanol–water partition coefficient (Wildman–Crippen LogP) is 2.48. The molecule has 4 heteroatoms. The van der Waals surface area contributed by atoms with Gasteiger partial charge in [0.25, 0.3) is 0 Å². The van der Waals surface area contributed by atoms with E-state index < -0.39 is 5.60 Å². The Morgan fingerprint density at radius 2 is 2.06 bits per heavy atom. The van der Waals surface area contributed by atoms with E-state index in [1.165, 1.54) is 12.1 Å². The first kappa shape index (κ1) is 12.8. The summed E-state index contributed by atoms with van der Waals surface area (Å²) in [6, 6.07) is 4.35. The minimum absolute atomic E-state index is 0.339. The van der Waals surface area contributed by atoms with Crippen LogP contribution in [0.4, 0.5) is 4.39 Å². The van der Waals surface area contributed by atoms with Gasteiger partial charge in [0.15, 0.2) is 0 Å². The zero-order valence-electron chi connectivity index (χ0n) is 9.92. The summed E-state index contributed by atoms with van der Waals surface area (Å²) >= 11 is 5.98. The number of likely N-dealkylation sites (tertiary alicyclic amines) is 1. The second-order valence-corrected chi connectivity index (χ2v) is 5.35. The SMILES string of the molecule is CN1CCC(O)(Cc2ccc(F)cc2Cl)CC1. The molecule has 94 valence electrons. The molecule has 17 heavy (non-hydrogen) atoms. The maximum absolute atomic E-state index is 12.9. The number of hydrogen-bond donors (Lipinski definition) is 1. The summed E-state index contributed by atoms with van der Waals surface area (Å²) < 4.78 is 12.9. The molecule has 1 aliphatic rings. The number of piperidine rings is 1. The topological polar surface area (TPSA) is 23.5 Å². The van der Waals surface area contributed by atoms with Crippen molar-refractivity contribution in [1.29, 1.82) is 0 Å². The third kappa shape index (κ3) is 3.18. The van der Waals surface area contributed by atoms with E-state index in [4.69, 9.17) is 11.6 Å². The highest BCUT2D eigenvalue weighted by molar-refractivity contribution is 6.31. The zero-order chi connectivity index (χ0) is 12.5. The Labute approximate surface area is 106 Å². The fourth-order valence-corrected chi connectivity index (χ4v) is 2.47. The van der Waals surface area contributed by atoms with Gasteiger partial charge in [-0.3, -0.25) is 0 Å². The van der Waals surface area contributed by atoms with E-state index in [-0.39, 0.29) is 5.82 Å². The molecule has 0 amide bonds. The van der Waals surface area contributed by atoms with Crippen LogP contribution >= 0.6 is 11.6 Å². The summed E-state index contributed by atoms with van der Waals surface area (Å²) in [7, 11) is 2.05. The highest BCUT2D eigenvalue weighted by atomic mass is 35.5. The Hall–Kier alpha value is -0.640. The number of benzene rings is 1. The van der Waals surface area contributed by atoms with Crippen LogP contribution < -0.4 is 0 Å². The molecule has 0 bridgehead atoms. The molecule has 1 fully saturated rings. The summed E-state index contributed by atoms with van der Waals surface area (Å²) in [5, 5.41) is 10.9. The van der Waals surface area contributed by atoms with Gasteiger partial charge in [0.1, 0.15) is 5.82 Å². The predicted molar refractivity (Wildman–Crippen MR) is 66.8 cm³/mol. The summed E-state index contributed by atoms with van der Waals surface area (Å²) in [6.07, 6.45) is 1.97. The van der Waals surface area contributed by atoms with Crippen molar-refractivity contribution in [3.05, 3.63) is 34.6 Å². The van der Waals surface area contributed by atoms with Crippen molar-refractivity contribution in [3.8, 4) is 0 Å². The van der Waals surface area contributed by atoms with Crippen LogP contribution in [0.5, 0.6) is 0 Å². The summed E-state index contributed by atoms with van der Waals surface area (Å²) in [5.41, 5.74) is 0.119. The highest BCUT2D eigenvalue weighted by Crippen LogP contribution is 2.29. The molecule has 0 unspecified atom stereocenters. The molecule has 1 aromatic rings. The average molecular weight is 258 g/mol. The quantitative estimate of drug-likeness (QED) is 0.880. The second kappa shape index (κ2) is 4.92. The smallest absolute Gasteiger partial charge is 0.124 e. The van der Waals surface area contributed by atoms with E-state index >= 15 is 0 Å². The first-order chi connectivity index (χ1) is 7.98. The fourth-order valence-electron chi connectivity index (χ4n) is 2.23. The lowest BCUT2D eigenvalue weighted by molar-refractivity contribution is -0.0150. The van der Waals surface area contributed by atoms with Crippen molar-refractivity contribution in [3.63, 3.8) is 0 Å². The van der Waals surface area contributed by atoms with Gasteiger partial charge >= 0.3 is 0 Å². The fraction of sp³-hybridized carbons (Fsp3) is 0.538. The van der Waals surface area contributed by atoms with E-state index in [9.17, 15) is 9.50 Å². The van der Waals surface area contributed by atoms with Crippen LogP contribution in [0.25, 0.3) is 0 Å². The van der Waals surface area contributed by atoms with Crippen molar-refractivity contribution in [1.82, 2.24) is 4.90 Å². The van der Waals surface area contributed by atoms with Crippen molar-refractivity contribution < 1.29 is 9.50 Å². The lowest BCUT2D eigenvalue weighted by Crippen LogP contribution is -2.44. The molecule has 2 rings (SSSR count). The van der Waals surface area contributed by atoms with Crippen LogP contribution in [0.15, 0.2) is 18.2 Å². The maximum Gasteiger partial charge on any atom is 0.124 e. The second-order valence-electron chi connectivity index (χ2n) is 4.94. The van der Waals surface area contributed by atoms with Gasteiger partial charge in [0.2, 0.25) is 0 Å². The van der Waals surface area contributed by atoms with Crippen LogP contribution in [0.1, 0.15) is 18.4 Å². The van der Waals surface area contributed by atoms with Crippen LogP contribution in [-0.2, 0) is 6.42 Å². The molecule has 0 atom stereocenters. The standard InChI is InChI=1S/C13H17ClFNO/c1-16-6-4-13(17,5-7-16)9-10-2-3-11(15)8-12(10)14/h2-3,8,17H,4-7,9H2,1H3. The molecule has 2 nitrogen and oxygen atoms in total. The molecule has 1 aliphatic heterocycles. The number of nitrogens with zero attached hydrogens (tertiary/aromatic N) is 1. The lowest BCUT2D eigenvalue weighted by atomic mass is 9.85. The molecule has 0 radical (unpaired) electrons. The first-order valence-electron chi connectivity index (χ1n) is 5.83. The molecule has 0 spiro atoms. The monoisotopic (exact) mass is 257 g/mol. The van der Waals surface area contributed by atoms with Gasteiger partial charge in [0, 0.05) is 24.5 Å². The lowest BCUT2D eigenvalue weighted by Gasteiger charge is -2.36. The van der Waals surface area contributed by atoms with Gasteiger partial charge < -0.3 is 10.0 Å². The van der Waals surface area contributed by atoms with Crippen molar-refractivity contribution >= 4 is 11.6 Å². The minimum Gasteiger partial charge on any atom is -0.389 e. The van der Waals surface area contributed by atoms with Gasteiger partial charge in [-0.25, -0.2) is 4.39 Å². The molecular weight excluding hydrogens is 241 g/mol. The van der Waals surface area contributed by atoms with Gasteiger partial charge in [0.05, 0.1) is 5.60 Å². The zero-order valence-corrected chi connectivity index (χ0v) is 10.7. The number of halogens is 2. The Kier molecular flexibility index (Phi) is 3.71. The summed E-state index contributed by atoms with van der Waals surface area (Å²) in [6.45, 7) is 1.77. The van der Waals surface area contributed by atoms with Gasteiger partial charge in [-0.05, 0) is 37.6 Å². The molecule has 0 aromatic heterocycles. The van der Waals surface area contributed by atoms with Crippen LogP contribution in [0, 0.1) is 5.82 Å². The van der Waals surface area contributed by atoms with Crippen molar-refractivity contribution in [2.75, 3.05) is 20.1 Å². The van der Waals surface area contributed by atoms with E-state index in [0.29, 0.717) is 11.4 Å². The highest BCUT2D eigenvalue weighted by Gasteiger charge is 2.31. The largest absolute Gasteiger partial charge is 0.389 e. The van der Waals surface area contributed by atoms with Gasteiger partial charge in [-0.15, -0.1) is 0 Å². The summed E-state index contributed by atoms with van der Waals surface area (Å²) in [4.78, 5) is 2.20. The van der Waals surface area contributed by atoms with E-state index in [0.717, 1.165) is 31.5 Å². The average Bonchev–Trinajstić information content (AvgIpc) is 2.27. The van der Waals surface area contributed by atoms with Crippen molar-refractivity contribution in [2.45, 2.75) is 24.9 Å². The third-order valence-corrected chi connectivity index (χ3v) is 3.80. The van der Waals surface area contributed by atoms with E-state index in [2.05, 4.69) is 4.90 Å². The molecule has 1 N–H and O–H groups in total. The van der Waals surface area contributed by atoms with Crippen LogP contribution in [-0.4, -0.2) is 35.7 Å². The summed E-state index contributed by atoms with van der Waals surface area (Å²) in [5.74, 6) is -0.339. The van der Waals surface area contributed by atoms with E-state index in [1.54, 1.807) is 6.07 Å².